The summed E-state index contributed by atoms with van der Waals surface area (Å²) in [5.41, 5.74) is 9.83. The van der Waals surface area contributed by atoms with E-state index in [4.69, 9.17) is 5.73 Å². The average Bonchev–Trinajstić information content (AvgIpc) is 2.92. The van der Waals surface area contributed by atoms with Crippen molar-refractivity contribution in [2.75, 3.05) is 11.1 Å². The Morgan fingerprint density at radius 1 is 1.22 bits per heavy atom. The van der Waals surface area contributed by atoms with Gasteiger partial charge in [0.2, 0.25) is 0 Å². The maximum atomic E-state index is 12.3. The van der Waals surface area contributed by atoms with E-state index in [9.17, 15) is 4.79 Å². The Morgan fingerprint density at radius 3 is 2.74 bits per heavy atom. The second kappa shape index (κ2) is 6.52. The van der Waals surface area contributed by atoms with Crippen molar-refractivity contribution in [3.8, 4) is 0 Å². The van der Waals surface area contributed by atoms with Crippen LogP contribution in [-0.4, -0.2) is 15.9 Å². The number of nitrogens with one attached hydrogen (secondary N) is 2. The molecule has 0 atom stereocenters. The van der Waals surface area contributed by atoms with Crippen LogP contribution in [0.2, 0.25) is 0 Å². The number of imidazole rings is 1. The van der Waals surface area contributed by atoms with Gasteiger partial charge < -0.3 is 16.0 Å². The third-order valence-corrected chi connectivity index (χ3v) is 3.79. The van der Waals surface area contributed by atoms with E-state index < -0.39 is 0 Å². The van der Waals surface area contributed by atoms with Crippen LogP contribution in [0.3, 0.4) is 0 Å². The molecule has 5 heteroatoms. The molecule has 0 spiro atoms. The molecule has 118 valence electrons. The molecule has 4 N–H and O–H groups in total. The topological polar surface area (TPSA) is 83.8 Å². The Balaban J connectivity index is 1.71. The number of nitrogens with two attached hydrogens (primary N) is 1. The van der Waals surface area contributed by atoms with Gasteiger partial charge in [0.05, 0.1) is 11.0 Å². The number of nitrogen functional groups attached to an aromatic ring is 1. The summed E-state index contributed by atoms with van der Waals surface area (Å²) in [7, 11) is 0. The molecular weight excluding hydrogens is 288 g/mol. The molecule has 0 saturated heterocycles. The van der Waals surface area contributed by atoms with Gasteiger partial charge in [0.15, 0.2) is 5.95 Å². The third-order valence-electron chi connectivity index (χ3n) is 3.79. The number of aromatic nitrogens is 2. The lowest BCUT2D eigenvalue weighted by Gasteiger charge is -2.06. The number of aryl methyl sites for hydroxylation is 1. The van der Waals surface area contributed by atoms with E-state index in [1.165, 1.54) is 18.4 Å². The minimum absolute atomic E-state index is 0.126. The molecule has 1 amide bonds. The van der Waals surface area contributed by atoms with Crippen LogP contribution >= 0.6 is 0 Å². The number of rotatable bonds is 5. The van der Waals surface area contributed by atoms with Crippen LogP contribution in [-0.2, 0) is 6.42 Å². The van der Waals surface area contributed by atoms with Gasteiger partial charge in [-0.05, 0) is 48.7 Å². The van der Waals surface area contributed by atoms with E-state index in [-0.39, 0.29) is 5.91 Å². The Bertz CT molecular complexity index is 821. The van der Waals surface area contributed by atoms with Crippen molar-refractivity contribution < 1.29 is 4.79 Å². The highest BCUT2D eigenvalue weighted by Gasteiger charge is 2.07. The number of unbranched alkanes of at least 4 members (excludes halogenated alkanes) is 1. The third kappa shape index (κ3) is 3.51. The average molecular weight is 308 g/mol. The Hall–Kier alpha value is -2.82. The van der Waals surface area contributed by atoms with E-state index in [0.29, 0.717) is 17.2 Å². The molecule has 0 unspecified atom stereocenters. The number of carbonyl (C=O) groups is 1. The number of anilines is 2. The SMILES string of the molecule is CCCCc1ccc(C(=O)Nc2ccc3nc(N)[nH]c3c2)cc1. The van der Waals surface area contributed by atoms with Gasteiger partial charge >= 0.3 is 0 Å². The molecule has 23 heavy (non-hydrogen) atoms. The molecule has 2 aromatic carbocycles. The van der Waals surface area contributed by atoms with Gasteiger partial charge in [-0.1, -0.05) is 25.5 Å². The van der Waals surface area contributed by atoms with Gasteiger partial charge in [0.25, 0.3) is 5.91 Å². The summed E-state index contributed by atoms with van der Waals surface area (Å²) < 4.78 is 0. The minimum Gasteiger partial charge on any atom is -0.369 e. The summed E-state index contributed by atoms with van der Waals surface area (Å²) in [5, 5.41) is 2.89. The number of nitrogens with zero attached hydrogens (tertiary/aromatic N) is 1. The standard InChI is InChI=1S/C18H20N4O/c1-2-3-4-12-5-7-13(8-6-12)17(23)20-14-9-10-15-16(11-14)22-18(19)21-15/h5-11H,2-4H2,1H3,(H,20,23)(H3,19,21,22). The zero-order valence-electron chi connectivity index (χ0n) is 13.1. The molecule has 3 rings (SSSR count). The van der Waals surface area contributed by atoms with Crippen LogP contribution < -0.4 is 11.1 Å². The van der Waals surface area contributed by atoms with Gasteiger partial charge in [-0.25, -0.2) is 4.98 Å². The first-order valence-electron chi connectivity index (χ1n) is 7.81. The van der Waals surface area contributed by atoms with E-state index in [1.807, 2.05) is 42.5 Å². The van der Waals surface area contributed by atoms with E-state index in [2.05, 4.69) is 22.2 Å². The quantitative estimate of drug-likeness (QED) is 0.671. The van der Waals surface area contributed by atoms with Crippen molar-refractivity contribution in [2.24, 2.45) is 0 Å². The molecular formula is C18H20N4O. The highest BCUT2D eigenvalue weighted by molar-refractivity contribution is 6.05. The summed E-state index contributed by atoms with van der Waals surface area (Å²) in [4.78, 5) is 19.4. The number of fused-ring (bicyclic) bond motifs is 1. The van der Waals surface area contributed by atoms with Crippen LogP contribution in [0.1, 0.15) is 35.7 Å². The number of benzene rings is 2. The number of amides is 1. The molecule has 0 fully saturated rings. The Labute approximate surface area is 134 Å². The number of aromatic amines is 1. The Kier molecular flexibility index (Phi) is 4.28. The number of hydrogen-bond donors (Lipinski definition) is 3. The maximum absolute atomic E-state index is 12.3. The second-order valence-electron chi connectivity index (χ2n) is 5.61. The highest BCUT2D eigenvalue weighted by atomic mass is 16.1. The van der Waals surface area contributed by atoms with Gasteiger partial charge in [0, 0.05) is 11.3 Å². The van der Waals surface area contributed by atoms with Crippen molar-refractivity contribution in [1.82, 2.24) is 9.97 Å². The monoisotopic (exact) mass is 308 g/mol. The first-order valence-corrected chi connectivity index (χ1v) is 7.81. The van der Waals surface area contributed by atoms with Crippen LogP contribution in [0, 0.1) is 0 Å². The fraction of sp³-hybridized carbons (Fsp3) is 0.222. The summed E-state index contributed by atoms with van der Waals surface area (Å²) in [6.45, 7) is 2.17. The van der Waals surface area contributed by atoms with E-state index >= 15 is 0 Å². The molecule has 5 nitrogen and oxygen atoms in total. The fourth-order valence-corrected chi connectivity index (χ4v) is 2.51. The molecule has 1 heterocycles. The summed E-state index contributed by atoms with van der Waals surface area (Å²) in [6.07, 6.45) is 3.39. The molecule has 1 aromatic heterocycles. The van der Waals surface area contributed by atoms with Crippen molar-refractivity contribution in [3.05, 3.63) is 53.6 Å². The zero-order chi connectivity index (χ0) is 16.2. The molecule has 0 saturated carbocycles. The summed E-state index contributed by atoms with van der Waals surface area (Å²) >= 11 is 0. The van der Waals surface area contributed by atoms with Gasteiger partial charge in [-0.3, -0.25) is 4.79 Å². The van der Waals surface area contributed by atoms with E-state index in [0.717, 1.165) is 17.5 Å². The largest absolute Gasteiger partial charge is 0.369 e. The lowest BCUT2D eigenvalue weighted by Crippen LogP contribution is -2.11. The summed E-state index contributed by atoms with van der Waals surface area (Å²) in [5.74, 6) is 0.241. The lowest BCUT2D eigenvalue weighted by atomic mass is 10.1. The fourth-order valence-electron chi connectivity index (χ4n) is 2.51. The molecule has 3 aromatic rings. The predicted octanol–water partition coefficient (Wildman–Crippen LogP) is 3.74. The molecule has 0 aliphatic heterocycles. The second-order valence-corrected chi connectivity index (χ2v) is 5.61. The molecule has 0 aliphatic rings. The number of H-pyrrole nitrogens is 1. The van der Waals surface area contributed by atoms with Gasteiger partial charge in [-0.2, -0.15) is 0 Å². The number of carbonyl (C=O) groups excluding carboxylic acids is 1. The van der Waals surface area contributed by atoms with Crippen molar-refractivity contribution in [3.63, 3.8) is 0 Å². The van der Waals surface area contributed by atoms with Crippen molar-refractivity contribution in [1.29, 1.82) is 0 Å². The minimum atomic E-state index is -0.126. The maximum Gasteiger partial charge on any atom is 0.255 e. The first-order chi connectivity index (χ1) is 11.2. The molecule has 0 bridgehead atoms. The van der Waals surface area contributed by atoms with Crippen LogP contribution in [0.5, 0.6) is 0 Å². The predicted molar refractivity (Wildman–Crippen MR) is 93.5 cm³/mol. The van der Waals surface area contributed by atoms with Crippen molar-refractivity contribution >= 4 is 28.6 Å². The van der Waals surface area contributed by atoms with Gasteiger partial charge in [-0.15, -0.1) is 0 Å². The zero-order valence-corrected chi connectivity index (χ0v) is 13.1. The summed E-state index contributed by atoms with van der Waals surface area (Å²) in [6, 6.07) is 13.2. The normalized spacial score (nSPS) is 10.8. The van der Waals surface area contributed by atoms with Crippen LogP contribution in [0.4, 0.5) is 11.6 Å². The molecule has 0 radical (unpaired) electrons. The van der Waals surface area contributed by atoms with Crippen LogP contribution in [0.25, 0.3) is 11.0 Å². The Morgan fingerprint density at radius 2 is 2.00 bits per heavy atom. The first kappa shape index (κ1) is 15.1. The van der Waals surface area contributed by atoms with Crippen LogP contribution in [0.15, 0.2) is 42.5 Å². The highest BCUT2D eigenvalue weighted by Crippen LogP contribution is 2.19. The smallest absolute Gasteiger partial charge is 0.255 e. The van der Waals surface area contributed by atoms with E-state index in [1.54, 1.807) is 0 Å². The number of hydrogen-bond acceptors (Lipinski definition) is 3. The molecule has 0 aliphatic carbocycles. The lowest BCUT2D eigenvalue weighted by molar-refractivity contribution is 0.102. The van der Waals surface area contributed by atoms with Gasteiger partial charge in [0.1, 0.15) is 0 Å². The van der Waals surface area contributed by atoms with Crippen molar-refractivity contribution in [2.45, 2.75) is 26.2 Å².